The fourth-order valence-corrected chi connectivity index (χ4v) is 3.62. The molecule has 0 bridgehead atoms. The van der Waals surface area contributed by atoms with Crippen LogP contribution in [0.5, 0.6) is 0 Å². The minimum atomic E-state index is 0.833. The zero-order chi connectivity index (χ0) is 22.1. The van der Waals surface area contributed by atoms with Gasteiger partial charge < -0.3 is 14.4 Å². The van der Waals surface area contributed by atoms with Crippen molar-refractivity contribution in [3.8, 4) is 0 Å². The summed E-state index contributed by atoms with van der Waals surface area (Å²) in [7, 11) is 2.19. The first-order chi connectivity index (χ1) is 14.6. The lowest BCUT2D eigenvalue weighted by atomic mass is 10.1. The molecule has 1 aliphatic rings. The average molecular weight is 407 g/mol. The highest BCUT2D eigenvalue weighted by atomic mass is 15.2. The Hall–Kier alpha value is -2.59. The molecule has 2 aromatic heterocycles. The molecule has 0 aliphatic carbocycles. The number of nitrogens with zero attached hydrogens (tertiary/aromatic N) is 4. The Kier molecular flexibility index (Phi) is 9.13. The van der Waals surface area contributed by atoms with Crippen LogP contribution >= 0.6 is 0 Å². The lowest BCUT2D eigenvalue weighted by Gasteiger charge is -2.34. The number of hydrogen-bond acceptors (Lipinski definition) is 3. The molecule has 4 heteroatoms. The van der Waals surface area contributed by atoms with Crippen molar-refractivity contribution in [2.75, 3.05) is 38.1 Å². The summed E-state index contributed by atoms with van der Waals surface area (Å²) in [5.74, 6) is 0. The first kappa shape index (κ1) is 23.7. The summed E-state index contributed by atoms with van der Waals surface area (Å²) >= 11 is 0. The second-order valence-electron chi connectivity index (χ2n) is 7.28. The zero-order valence-corrected chi connectivity index (χ0v) is 19.7. The summed E-state index contributed by atoms with van der Waals surface area (Å²) in [6, 6.07) is 13.0. The number of allylic oxidation sites excluding steroid dienone is 1. The maximum absolute atomic E-state index is 4.67. The van der Waals surface area contributed by atoms with Crippen LogP contribution in [-0.4, -0.2) is 47.7 Å². The number of fused-ring (bicyclic) bond motifs is 1. The van der Waals surface area contributed by atoms with E-state index in [-0.39, 0.29) is 0 Å². The van der Waals surface area contributed by atoms with Crippen LogP contribution in [0.1, 0.15) is 45.7 Å². The van der Waals surface area contributed by atoms with Crippen molar-refractivity contribution in [1.82, 2.24) is 14.5 Å². The predicted molar refractivity (Wildman–Crippen MR) is 132 cm³/mol. The maximum atomic E-state index is 4.67. The smallest absolute Gasteiger partial charge is 0.142 e. The molecular formula is C26H38N4. The fraction of sp³-hybridized carbons (Fsp3) is 0.423. The molecule has 4 rings (SSSR count). The van der Waals surface area contributed by atoms with Gasteiger partial charge >= 0.3 is 0 Å². The lowest BCUT2D eigenvalue weighted by molar-refractivity contribution is 0.313. The van der Waals surface area contributed by atoms with E-state index in [0.717, 1.165) is 43.9 Å². The SMILES string of the molecule is C=C(C)c1ccc(Cn2ccc3c(N4CCN(C)CC4)ccnc32)cc1.CC.CC. The van der Waals surface area contributed by atoms with Gasteiger partial charge in [-0.2, -0.15) is 0 Å². The van der Waals surface area contributed by atoms with Crippen LogP contribution in [-0.2, 0) is 6.54 Å². The molecule has 30 heavy (non-hydrogen) atoms. The van der Waals surface area contributed by atoms with Gasteiger partial charge in [-0.3, -0.25) is 0 Å². The predicted octanol–water partition coefficient (Wildman–Crippen LogP) is 5.92. The second kappa shape index (κ2) is 11.6. The van der Waals surface area contributed by atoms with E-state index in [2.05, 4.69) is 75.6 Å². The highest BCUT2D eigenvalue weighted by Crippen LogP contribution is 2.27. The Morgan fingerprint density at radius 2 is 1.57 bits per heavy atom. The van der Waals surface area contributed by atoms with Crippen molar-refractivity contribution in [1.29, 1.82) is 0 Å². The molecule has 0 spiro atoms. The molecule has 162 valence electrons. The minimum absolute atomic E-state index is 0.833. The number of likely N-dealkylation sites (N-methyl/N-ethyl adjacent to an activating group) is 1. The zero-order valence-electron chi connectivity index (χ0n) is 19.7. The van der Waals surface area contributed by atoms with Gasteiger partial charge in [0.25, 0.3) is 0 Å². The van der Waals surface area contributed by atoms with E-state index >= 15 is 0 Å². The van der Waals surface area contributed by atoms with Gasteiger partial charge in [-0.05, 0) is 37.2 Å². The Labute approximate surface area is 182 Å². The molecule has 1 fully saturated rings. The quantitative estimate of drug-likeness (QED) is 0.537. The second-order valence-corrected chi connectivity index (χ2v) is 7.28. The van der Waals surface area contributed by atoms with E-state index in [0.29, 0.717) is 0 Å². The molecule has 0 radical (unpaired) electrons. The number of piperazine rings is 1. The van der Waals surface area contributed by atoms with Crippen molar-refractivity contribution in [2.24, 2.45) is 0 Å². The van der Waals surface area contributed by atoms with E-state index in [1.54, 1.807) is 0 Å². The highest BCUT2D eigenvalue weighted by molar-refractivity contribution is 5.90. The third-order valence-corrected chi connectivity index (χ3v) is 5.28. The van der Waals surface area contributed by atoms with Gasteiger partial charge in [0.05, 0.1) is 0 Å². The average Bonchev–Trinajstić information content (AvgIpc) is 3.20. The Bertz CT molecular complexity index is 916. The van der Waals surface area contributed by atoms with Gasteiger partial charge in [0.15, 0.2) is 0 Å². The molecule has 3 heterocycles. The number of pyridine rings is 1. The standard InChI is InChI=1S/C22H26N4.2C2H6/c1-17(2)19-6-4-18(5-7-19)16-26-11-9-20-21(8-10-23-22(20)26)25-14-12-24(3)13-15-25;2*1-2/h4-11H,1,12-16H2,2-3H3;2*1-2H3. The molecule has 1 aliphatic heterocycles. The van der Waals surface area contributed by atoms with Crippen LogP contribution < -0.4 is 4.90 Å². The molecule has 0 saturated carbocycles. The normalized spacial score (nSPS) is 13.9. The third-order valence-electron chi connectivity index (χ3n) is 5.28. The van der Waals surface area contributed by atoms with Crippen molar-refractivity contribution in [3.05, 3.63) is 66.5 Å². The van der Waals surface area contributed by atoms with E-state index < -0.39 is 0 Å². The number of anilines is 1. The van der Waals surface area contributed by atoms with Gasteiger partial charge in [0, 0.05) is 56.2 Å². The van der Waals surface area contributed by atoms with Gasteiger partial charge in [-0.15, -0.1) is 0 Å². The number of benzene rings is 1. The Morgan fingerprint density at radius 3 is 2.17 bits per heavy atom. The summed E-state index contributed by atoms with van der Waals surface area (Å²) in [6.45, 7) is 19.2. The van der Waals surface area contributed by atoms with Crippen LogP contribution in [0.2, 0.25) is 0 Å². The van der Waals surface area contributed by atoms with Gasteiger partial charge in [-0.1, -0.05) is 64.1 Å². The van der Waals surface area contributed by atoms with Crippen LogP contribution in [0.3, 0.4) is 0 Å². The van der Waals surface area contributed by atoms with Crippen molar-refractivity contribution in [2.45, 2.75) is 41.2 Å². The van der Waals surface area contributed by atoms with E-state index in [1.807, 2.05) is 40.8 Å². The van der Waals surface area contributed by atoms with Gasteiger partial charge in [0.2, 0.25) is 0 Å². The molecule has 0 amide bonds. The minimum Gasteiger partial charge on any atom is -0.368 e. The van der Waals surface area contributed by atoms with Gasteiger partial charge in [-0.25, -0.2) is 4.98 Å². The van der Waals surface area contributed by atoms with E-state index in [4.69, 9.17) is 0 Å². The van der Waals surface area contributed by atoms with E-state index in [1.165, 1.54) is 22.2 Å². The maximum Gasteiger partial charge on any atom is 0.142 e. The summed E-state index contributed by atoms with van der Waals surface area (Å²) in [6.07, 6.45) is 4.10. The molecule has 0 atom stereocenters. The molecule has 3 aromatic rings. The largest absolute Gasteiger partial charge is 0.368 e. The summed E-state index contributed by atoms with van der Waals surface area (Å²) in [4.78, 5) is 9.53. The summed E-state index contributed by atoms with van der Waals surface area (Å²) in [5, 5.41) is 1.25. The summed E-state index contributed by atoms with van der Waals surface area (Å²) in [5.41, 5.74) is 5.94. The third kappa shape index (κ3) is 5.51. The van der Waals surface area contributed by atoms with E-state index in [9.17, 15) is 0 Å². The monoisotopic (exact) mass is 406 g/mol. The first-order valence-corrected chi connectivity index (χ1v) is 11.2. The van der Waals surface area contributed by atoms with Crippen LogP contribution in [0.15, 0.2) is 55.4 Å². The van der Waals surface area contributed by atoms with Crippen molar-refractivity contribution >= 4 is 22.3 Å². The summed E-state index contributed by atoms with van der Waals surface area (Å²) < 4.78 is 2.24. The number of rotatable bonds is 4. The first-order valence-electron chi connectivity index (χ1n) is 11.2. The van der Waals surface area contributed by atoms with Gasteiger partial charge in [0.1, 0.15) is 5.65 Å². The topological polar surface area (TPSA) is 24.3 Å². The fourth-order valence-electron chi connectivity index (χ4n) is 3.62. The highest BCUT2D eigenvalue weighted by Gasteiger charge is 2.17. The Balaban J connectivity index is 0.000000757. The molecule has 0 unspecified atom stereocenters. The molecule has 1 aromatic carbocycles. The van der Waals surface area contributed by atoms with Crippen molar-refractivity contribution < 1.29 is 0 Å². The van der Waals surface area contributed by atoms with Crippen LogP contribution in [0, 0.1) is 0 Å². The lowest BCUT2D eigenvalue weighted by Crippen LogP contribution is -2.44. The molecule has 0 N–H and O–H groups in total. The van der Waals surface area contributed by atoms with Crippen molar-refractivity contribution in [3.63, 3.8) is 0 Å². The number of hydrogen-bond donors (Lipinski definition) is 0. The number of aromatic nitrogens is 2. The molecular weight excluding hydrogens is 368 g/mol. The van der Waals surface area contributed by atoms with Crippen LogP contribution in [0.4, 0.5) is 5.69 Å². The molecule has 4 nitrogen and oxygen atoms in total. The van der Waals surface area contributed by atoms with Crippen LogP contribution in [0.25, 0.3) is 16.6 Å². The molecule has 1 saturated heterocycles. The Morgan fingerprint density at radius 1 is 0.933 bits per heavy atom.